The van der Waals surface area contributed by atoms with Gasteiger partial charge in [0, 0.05) is 23.9 Å². The summed E-state index contributed by atoms with van der Waals surface area (Å²) in [6, 6.07) is 18.9. The molecule has 0 atom stereocenters. The first-order valence-electron chi connectivity index (χ1n) is 9.12. The number of methoxy groups -OCH3 is 1. The van der Waals surface area contributed by atoms with E-state index in [1.807, 2.05) is 30.5 Å². The number of anilines is 1. The van der Waals surface area contributed by atoms with Crippen molar-refractivity contribution in [2.24, 2.45) is 0 Å². The molecule has 4 aromatic rings. The highest BCUT2D eigenvalue weighted by atomic mass is 16.5. The van der Waals surface area contributed by atoms with E-state index in [2.05, 4.69) is 46.8 Å². The molecule has 0 radical (unpaired) electrons. The SMILES string of the molecule is COc1ccc(-c2cc(C(=O)Nc3ccn(Cc4ccc(C)cc4)n3)no2)cc1. The lowest BCUT2D eigenvalue weighted by Gasteiger charge is -2.02. The molecule has 0 aliphatic heterocycles. The summed E-state index contributed by atoms with van der Waals surface area (Å²) < 4.78 is 12.2. The molecule has 0 unspecified atom stereocenters. The molecule has 0 spiro atoms. The number of nitrogens with one attached hydrogen (secondary N) is 1. The minimum absolute atomic E-state index is 0.184. The minimum atomic E-state index is -0.380. The number of amides is 1. The molecule has 0 saturated heterocycles. The van der Waals surface area contributed by atoms with Crippen molar-refractivity contribution in [3.63, 3.8) is 0 Å². The van der Waals surface area contributed by atoms with E-state index in [0.29, 0.717) is 18.1 Å². The van der Waals surface area contributed by atoms with E-state index in [1.54, 1.807) is 23.9 Å². The Kier molecular flexibility index (Phi) is 5.11. The summed E-state index contributed by atoms with van der Waals surface area (Å²) in [6.07, 6.45) is 1.82. The molecule has 29 heavy (non-hydrogen) atoms. The van der Waals surface area contributed by atoms with Gasteiger partial charge in [0.25, 0.3) is 5.91 Å². The van der Waals surface area contributed by atoms with Crippen molar-refractivity contribution in [1.29, 1.82) is 0 Å². The number of hydrogen-bond acceptors (Lipinski definition) is 5. The molecule has 7 heteroatoms. The molecule has 4 rings (SSSR count). The first kappa shape index (κ1) is 18.5. The summed E-state index contributed by atoms with van der Waals surface area (Å²) in [4.78, 5) is 12.5. The lowest BCUT2D eigenvalue weighted by atomic mass is 10.1. The number of rotatable bonds is 6. The summed E-state index contributed by atoms with van der Waals surface area (Å²) in [7, 11) is 1.61. The topological polar surface area (TPSA) is 82.2 Å². The predicted octanol–water partition coefficient (Wildman–Crippen LogP) is 4.16. The van der Waals surface area contributed by atoms with Gasteiger partial charge >= 0.3 is 0 Å². The van der Waals surface area contributed by atoms with E-state index in [0.717, 1.165) is 16.9 Å². The quantitative estimate of drug-likeness (QED) is 0.536. The van der Waals surface area contributed by atoms with E-state index in [9.17, 15) is 4.79 Å². The molecule has 2 heterocycles. The van der Waals surface area contributed by atoms with Crippen molar-refractivity contribution < 1.29 is 14.1 Å². The van der Waals surface area contributed by atoms with Crippen LogP contribution in [0, 0.1) is 6.92 Å². The number of carbonyl (C=O) groups excluding carboxylic acids is 1. The van der Waals surface area contributed by atoms with Crippen LogP contribution >= 0.6 is 0 Å². The van der Waals surface area contributed by atoms with Crippen LogP contribution in [-0.4, -0.2) is 28.0 Å². The zero-order valence-electron chi connectivity index (χ0n) is 16.1. The first-order valence-corrected chi connectivity index (χ1v) is 9.12. The molecule has 0 aliphatic carbocycles. The molecule has 146 valence electrons. The highest BCUT2D eigenvalue weighted by Crippen LogP contribution is 2.23. The third kappa shape index (κ3) is 4.35. The van der Waals surface area contributed by atoms with Crippen LogP contribution in [0.25, 0.3) is 11.3 Å². The Morgan fingerprint density at radius 2 is 1.86 bits per heavy atom. The van der Waals surface area contributed by atoms with Crippen LogP contribution in [0.3, 0.4) is 0 Å². The Bertz CT molecular complexity index is 1110. The second-order valence-corrected chi connectivity index (χ2v) is 6.64. The fraction of sp³-hybridized carbons (Fsp3) is 0.136. The zero-order valence-corrected chi connectivity index (χ0v) is 16.1. The van der Waals surface area contributed by atoms with Crippen molar-refractivity contribution in [2.75, 3.05) is 12.4 Å². The molecule has 2 aromatic carbocycles. The van der Waals surface area contributed by atoms with Gasteiger partial charge in [-0.05, 0) is 36.8 Å². The molecular formula is C22H20N4O3. The van der Waals surface area contributed by atoms with Gasteiger partial charge in [-0.2, -0.15) is 5.10 Å². The number of aryl methyl sites for hydroxylation is 1. The molecule has 0 fully saturated rings. The van der Waals surface area contributed by atoms with Crippen LogP contribution in [0.5, 0.6) is 5.75 Å². The number of ether oxygens (including phenoxy) is 1. The molecule has 1 N–H and O–H groups in total. The smallest absolute Gasteiger partial charge is 0.279 e. The van der Waals surface area contributed by atoms with Gasteiger partial charge in [0.05, 0.1) is 13.7 Å². The average molecular weight is 388 g/mol. The standard InChI is InChI=1S/C22H20N4O3/c1-15-3-5-16(6-4-15)14-26-12-11-21(24-26)23-22(27)19-13-20(29-25-19)17-7-9-18(28-2)10-8-17/h3-13H,14H2,1-2H3,(H,23,24,27). The number of nitrogens with zero attached hydrogens (tertiary/aromatic N) is 3. The van der Waals surface area contributed by atoms with Gasteiger partial charge in [-0.25, -0.2) is 0 Å². The Balaban J connectivity index is 1.41. The van der Waals surface area contributed by atoms with E-state index in [4.69, 9.17) is 9.26 Å². The highest BCUT2D eigenvalue weighted by molar-refractivity contribution is 6.02. The summed E-state index contributed by atoms with van der Waals surface area (Å²) in [6.45, 7) is 2.68. The average Bonchev–Trinajstić information content (AvgIpc) is 3.40. The molecule has 0 aliphatic rings. The van der Waals surface area contributed by atoms with E-state index >= 15 is 0 Å². The second-order valence-electron chi connectivity index (χ2n) is 6.64. The Morgan fingerprint density at radius 3 is 2.59 bits per heavy atom. The number of carbonyl (C=O) groups is 1. The van der Waals surface area contributed by atoms with E-state index in [-0.39, 0.29) is 11.6 Å². The van der Waals surface area contributed by atoms with E-state index < -0.39 is 0 Å². The molecule has 0 bridgehead atoms. The van der Waals surface area contributed by atoms with Gasteiger partial charge in [0.15, 0.2) is 17.3 Å². The first-order chi connectivity index (χ1) is 14.1. The third-order valence-electron chi connectivity index (χ3n) is 4.46. The van der Waals surface area contributed by atoms with Gasteiger partial charge in [-0.1, -0.05) is 35.0 Å². The van der Waals surface area contributed by atoms with Gasteiger partial charge in [0.2, 0.25) is 0 Å². The Hall–Kier alpha value is -3.87. The Morgan fingerprint density at radius 1 is 1.10 bits per heavy atom. The second kappa shape index (κ2) is 8.02. The molecular weight excluding hydrogens is 368 g/mol. The van der Waals surface area contributed by atoms with Crippen molar-refractivity contribution in [2.45, 2.75) is 13.5 Å². The molecule has 1 amide bonds. The fourth-order valence-corrected chi connectivity index (χ4v) is 2.85. The van der Waals surface area contributed by atoms with Crippen molar-refractivity contribution in [3.8, 4) is 17.1 Å². The van der Waals surface area contributed by atoms with E-state index in [1.165, 1.54) is 5.56 Å². The summed E-state index contributed by atoms with van der Waals surface area (Å²) in [5.41, 5.74) is 3.34. The maximum absolute atomic E-state index is 12.5. The van der Waals surface area contributed by atoms with Crippen LogP contribution in [0.2, 0.25) is 0 Å². The van der Waals surface area contributed by atoms with Gasteiger partial charge < -0.3 is 14.6 Å². The minimum Gasteiger partial charge on any atom is -0.497 e. The lowest BCUT2D eigenvalue weighted by molar-refractivity contribution is 0.101. The van der Waals surface area contributed by atoms with Crippen LogP contribution in [0.15, 0.2) is 71.4 Å². The van der Waals surface area contributed by atoms with Crippen molar-refractivity contribution in [3.05, 3.63) is 83.7 Å². The molecule has 0 saturated carbocycles. The zero-order chi connectivity index (χ0) is 20.2. The number of aromatic nitrogens is 3. The maximum Gasteiger partial charge on any atom is 0.279 e. The van der Waals surface area contributed by atoms with Gasteiger partial charge in [-0.3, -0.25) is 9.48 Å². The van der Waals surface area contributed by atoms with Crippen LogP contribution in [0.1, 0.15) is 21.6 Å². The normalized spacial score (nSPS) is 10.7. The lowest BCUT2D eigenvalue weighted by Crippen LogP contribution is -2.13. The largest absolute Gasteiger partial charge is 0.497 e. The monoisotopic (exact) mass is 388 g/mol. The number of benzene rings is 2. The third-order valence-corrected chi connectivity index (χ3v) is 4.46. The van der Waals surface area contributed by atoms with Gasteiger partial charge in [0.1, 0.15) is 5.75 Å². The molecule has 2 aromatic heterocycles. The maximum atomic E-state index is 12.5. The van der Waals surface area contributed by atoms with Crippen LogP contribution < -0.4 is 10.1 Å². The Labute approximate surface area is 167 Å². The van der Waals surface area contributed by atoms with Gasteiger partial charge in [-0.15, -0.1) is 0 Å². The summed E-state index contributed by atoms with van der Waals surface area (Å²) >= 11 is 0. The summed E-state index contributed by atoms with van der Waals surface area (Å²) in [5.74, 6) is 1.32. The van der Waals surface area contributed by atoms with Crippen LogP contribution in [0.4, 0.5) is 5.82 Å². The van der Waals surface area contributed by atoms with Crippen molar-refractivity contribution >= 4 is 11.7 Å². The highest BCUT2D eigenvalue weighted by Gasteiger charge is 2.15. The predicted molar refractivity (Wildman–Crippen MR) is 109 cm³/mol. The van der Waals surface area contributed by atoms with Crippen molar-refractivity contribution in [1.82, 2.24) is 14.9 Å². The fourth-order valence-electron chi connectivity index (χ4n) is 2.85. The number of hydrogen-bond donors (Lipinski definition) is 1. The van der Waals surface area contributed by atoms with Crippen LogP contribution in [-0.2, 0) is 6.54 Å². The summed E-state index contributed by atoms with van der Waals surface area (Å²) in [5, 5.41) is 11.0. The molecule has 7 nitrogen and oxygen atoms in total.